The van der Waals surface area contributed by atoms with Crippen molar-refractivity contribution in [3.63, 3.8) is 0 Å². The summed E-state index contributed by atoms with van der Waals surface area (Å²) in [5, 5.41) is 8.99. The Bertz CT molecular complexity index is 434. The summed E-state index contributed by atoms with van der Waals surface area (Å²) < 4.78 is 22.8. The van der Waals surface area contributed by atoms with E-state index in [1.807, 2.05) is 4.90 Å². The van der Waals surface area contributed by atoms with Gasteiger partial charge in [0.2, 0.25) is 5.91 Å². The van der Waals surface area contributed by atoms with Crippen LogP contribution in [0.5, 0.6) is 0 Å². The highest BCUT2D eigenvalue weighted by Crippen LogP contribution is 2.28. The van der Waals surface area contributed by atoms with E-state index in [4.69, 9.17) is 5.11 Å². The van der Waals surface area contributed by atoms with E-state index in [1.54, 1.807) is 0 Å². The van der Waals surface area contributed by atoms with E-state index in [0.29, 0.717) is 31.2 Å². The van der Waals surface area contributed by atoms with Gasteiger partial charge >= 0.3 is 0 Å². The third-order valence-corrected chi connectivity index (χ3v) is 7.29. The first-order valence-electron chi connectivity index (χ1n) is 7.24. The molecule has 1 unspecified atom stereocenters. The van der Waals surface area contributed by atoms with Crippen molar-refractivity contribution in [1.82, 2.24) is 4.90 Å². The number of hydrogen-bond acceptors (Lipinski definition) is 5. The topological polar surface area (TPSA) is 74.7 Å². The summed E-state index contributed by atoms with van der Waals surface area (Å²) >= 11 is 1.48. The predicted molar refractivity (Wildman–Crippen MR) is 80.6 cm³/mol. The van der Waals surface area contributed by atoms with Gasteiger partial charge in [0.05, 0.1) is 17.3 Å². The maximum atomic E-state index is 12.3. The van der Waals surface area contributed by atoms with Crippen molar-refractivity contribution < 1.29 is 18.3 Å². The number of carbonyl (C=O) groups is 1. The number of nitrogens with zero attached hydrogens (tertiary/aromatic N) is 1. The average molecular weight is 321 g/mol. The van der Waals surface area contributed by atoms with E-state index in [0.717, 1.165) is 12.8 Å². The van der Waals surface area contributed by atoms with Gasteiger partial charge in [-0.15, -0.1) is 11.8 Å². The van der Waals surface area contributed by atoms with Crippen molar-refractivity contribution in [3.8, 4) is 0 Å². The van der Waals surface area contributed by atoms with E-state index in [2.05, 4.69) is 0 Å². The number of rotatable bonds is 7. The molecular formula is C13H23NO4S2. The first-order valence-corrected chi connectivity index (χ1v) is 10.1. The summed E-state index contributed by atoms with van der Waals surface area (Å²) in [7, 11) is -2.87. The van der Waals surface area contributed by atoms with Crippen molar-refractivity contribution >= 4 is 27.5 Å². The SMILES string of the molecule is O=C(CSC1CCS(=O)(=O)C1)N(CCCO)C1CCC1. The molecule has 1 N–H and O–H groups in total. The number of aliphatic hydroxyl groups excluding tert-OH is 1. The van der Waals surface area contributed by atoms with Crippen LogP contribution in [0.3, 0.4) is 0 Å². The zero-order valence-corrected chi connectivity index (χ0v) is 13.3. The Morgan fingerprint density at radius 2 is 2.05 bits per heavy atom. The zero-order valence-electron chi connectivity index (χ0n) is 11.7. The molecular weight excluding hydrogens is 298 g/mol. The molecule has 1 amide bonds. The second-order valence-corrected chi connectivity index (χ2v) is 9.10. The van der Waals surface area contributed by atoms with Gasteiger partial charge in [-0.3, -0.25) is 4.79 Å². The molecule has 2 aliphatic rings. The molecule has 20 heavy (non-hydrogen) atoms. The van der Waals surface area contributed by atoms with E-state index in [-0.39, 0.29) is 29.3 Å². The molecule has 1 aliphatic carbocycles. The second kappa shape index (κ2) is 7.13. The maximum Gasteiger partial charge on any atom is 0.232 e. The number of carbonyl (C=O) groups excluding carboxylic acids is 1. The fraction of sp³-hybridized carbons (Fsp3) is 0.923. The Labute approximate surface area is 125 Å². The van der Waals surface area contributed by atoms with Crippen LogP contribution in [0.2, 0.25) is 0 Å². The molecule has 0 aromatic rings. The molecule has 116 valence electrons. The van der Waals surface area contributed by atoms with Crippen LogP contribution in [0.15, 0.2) is 0 Å². The van der Waals surface area contributed by atoms with Crippen LogP contribution in [-0.2, 0) is 14.6 Å². The molecule has 1 saturated heterocycles. The number of thioether (sulfide) groups is 1. The third kappa shape index (κ3) is 4.36. The van der Waals surface area contributed by atoms with Gasteiger partial charge in [-0.1, -0.05) is 0 Å². The quantitative estimate of drug-likeness (QED) is 0.746. The molecule has 1 atom stereocenters. The lowest BCUT2D eigenvalue weighted by Gasteiger charge is -2.37. The first kappa shape index (κ1) is 16.1. The third-order valence-electron chi connectivity index (χ3n) is 4.03. The lowest BCUT2D eigenvalue weighted by Crippen LogP contribution is -2.46. The molecule has 0 aromatic heterocycles. The molecule has 0 radical (unpaired) electrons. The highest BCUT2D eigenvalue weighted by Gasteiger charge is 2.31. The monoisotopic (exact) mass is 321 g/mol. The first-order chi connectivity index (χ1) is 9.52. The van der Waals surface area contributed by atoms with Gasteiger partial charge in [-0.2, -0.15) is 0 Å². The van der Waals surface area contributed by atoms with Crippen molar-refractivity contribution in [3.05, 3.63) is 0 Å². The predicted octanol–water partition coefficient (Wildman–Crippen LogP) is 0.670. The van der Waals surface area contributed by atoms with Crippen LogP contribution < -0.4 is 0 Å². The maximum absolute atomic E-state index is 12.3. The van der Waals surface area contributed by atoms with E-state index in [1.165, 1.54) is 18.2 Å². The zero-order chi connectivity index (χ0) is 14.6. The summed E-state index contributed by atoms with van der Waals surface area (Å²) in [5.41, 5.74) is 0. The number of aliphatic hydroxyl groups is 1. The van der Waals surface area contributed by atoms with Gasteiger partial charge in [-0.05, 0) is 32.1 Å². The lowest BCUT2D eigenvalue weighted by atomic mass is 9.91. The summed E-state index contributed by atoms with van der Waals surface area (Å²) in [6.07, 6.45) is 4.56. The fourth-order valence-corrected chi connectivity index (χ4v) is 6.14. The molecule has 0 bridgehead atoms. The molecule has 0 aromatic carbocycles. The van der Waals surface area contributed by atoms with Crippen molar-refractivity contribution in [2.45, 2.75) is 43.4 Å². The van der Waals surface area contributed by atoms with Crippen molar-refractivity contribution in [2.24, 2.45) is 0 Å². The van der Waals surface area contributed by atoms with Crippen LogP contribution in [0.4, 0.5) is 0 Å². The van der Waals surface area contributed by atoms with Gasteiger partial charge in [0.25, 0.3) is 0 Å². The highest BCUT2D eigenvalue weighted by atomic mass is 32.2. The number of sulfone groups is 1. The molecule has 1 saturated carbocycles. The van der Waals surface area contributed by atoms with Crippen molar-refractivity contribution in [2.75, 3.05) is 30.4 Å². The summed E-state index contributed by atoms with van der Waals surface area (Å²) in [4.78, 5) is 14.2. The number of hydrogen-bond donors (Lipinski definition) is 1. The van der Waals surface area contributed by atoms with E-state index in [9.17, 15) is 13.2 Å². The Balaban J connectivity index is 1.79. The van der Waals surface area contributed by atoms with Gasteiger partial charge in [0, 0.05) is 24.4 Å². The molecule has 2 rings (SSSR count). The molecule has 2 fully saturated rings. The van der Waals surface area contributed by atoms with Gasteiger partial charge in [0.15, 0.2) is 9.84 Å². The van der Waals surface area contributed by atoms with Crippen LogP contribution in [0, 0.1) is 0 Å². The highest BCUT2D eigenvalue weighted by molar-refractivity contribution is 8.02. The molecule has 5 nitrogen and oxygen atoms in total. The van der Waals surface area contributed by atoms with Crippen LogP contribution in [0.25, 0.3) is 0 Å². The fourth-order valence-electron chi connectivity index (χ4n) is 2.61. The largest absolute Gasteiger partial charge is 0.396 e. The number of amides is 1. The van der Waals surface area contributed by atoms with Gasteiger partial charge < -0.3 is 10.0 Å². The lowest BCUT2D eigenvalue weighted by molar-refractivity contribution is -0.132. The Kier molecular flexibility index (Phi) is 5.74. The smallest absolute Gasteiger partial charge is 0.232 e. The van der Waals surface area contributed by atoms with E-state index >= 15 is 0 Å². The Morgan fingerprint density at radius 3 is 2.55 bits per heavy atom. The summed E-state index contributed by atoms with van der Waals surface area (Å²) in [6.45, 7) is 0.716. The standard InChI is InChI=1S/C13H23NO4S2/c15-7-2-6-14(11-3-1-4-11)13(16)9-19-12-5-8-20(17,18)10-12/h11-12,15H,1-10H2. The minimum absolute atomic E-state index is 0.0741. The van der Waals surface area contributed by atoms with Crippen LogP contribution >= 0.6 is 11.8 Å². The Morgan fingerprint density at radius 1 is 1.30 bits per heavy atom. The molecule has 7 heteroatoms. The molecule has 1 heterocycles. The van der Waals surface area contributed by atoms with Crippen LogP contribution in [-0.4, -0.2) is 66.0 Å². The minimum atomic E-state index is -2.87. The van der Waals surface area contributed by atoms with Crippen molar-refractivity contribution in [1.29, 1.82) is 0 Å². The second-order valence-electron chi connectivity index (χ2n) is 5.59. The van der Waals surface area contributed by atoms with E-state index < -0.39 is 9.84 Å². The average Bonchev–Trinajstić information content (AvgIpc) is 2.68. The molecule has 1 aliphatic heterocycles. The summed E-state index contributed by atoms with van der Waals surface area (Å²) in [6, 6.07) is 0.335. The summed E-state index contributed by atoms with van der Waals surface area (Å²) in [5.74, 6) is 0.931. The molecule has 0 spiro atoms. The van der Waals surface area contributed by atoms with Gasteiger partial charge in [0.1, 0.15) is 0 Å². The van der Waals surface area contributed by atoms with Crippen LogP contribution in [0.1, 0.15) is 32.1 Å². The minimum Gasteiger partial charge on any atom is -0.396 e. The Hall–Kier alpha value is -0.270. The van der Waals surface area contributed by atoms with Gasteiger partial charge in [-0.25, -0.2) is 8.42 Å². The normalized spacial score (nSPS) is 25.4.